The van der Waals surface area contributed by atoms with Gasteiger partial charge in [-0.05, 0) is 20.3 Å². The zero-order valence-electron chi connectivity index (χ0n) is 10.7. The monoisotopic (exact) mass is 254 g/mol. The fourth-order valence-corrected chi connectivity index (χ4v) is 1.56. The number of rotatable bonds is 7. The third-order valence-electron chi connectivity index (χ3n) is 2.88. The minimum absolute atomic E-state index is 0.0283. The van der Waals surface area contributed by atoms with Gasteiger partial charge in [0.15, 0.2) is 5.41 Å². The Morgan fingerprint density at radius 2 is 1.71 bits per heavy atom. The van der Waals surface area contributed by atoms with Crippen molar-refractivity contribution in [2.45, 2.75) is 59.1 Å². The van der Waals surface area contributed by atoms with E-state index in [0.29, 0.717) is 12.8 Å². The Labute approximate surface area is 101 Å². The predicted molar refractivity (Wildman–Crippen MR) is 59.6 cm³/mol. The van der Waals surface area contributed by atoms with Crippen LogP contribution in [0, 0.1) is 5.41 Å². The van der Waals surface area contributed by atoms with E-state index in [-0.39, 0.29) is 13.0 Å². The molecule has 2 nitrogen and oxygen atoms in total. The average molecular weight is 254 g/mol. The van der Waals surface area contributed by atoms with Gasteiger partial charge in [-0.2, -0.15) is 13.2 Å². The van der Waals surface area contributed by atoms with Crippen molar-refractivity contribution in [1.82, 2.24) is 0 Å². The van der Waals surface area contributed by atoms with E-state index in [1.165, 1.54) is 6.92 Å². The molecule has 0 aliphatic carbocycles. The molecule has 0 aliphatic heterocycles. The van der Waals surface area contributed by atoms with Gasteiger partial charge in [-0.1, -0.05) is 32.6 Å². The fourth-order valence-electron chi connectivity index (χ4n) is 1.56. The van der Waals surface area contributed by atoms with Gasteiger partial charge in [-0.25, -0.2) is 0 Å². The van der Waals surface area contributed by atoms with E-state index in [9.17, 15) is 18.0 Å². The summed E-state index contributed by atoms with van der Waals surface area (Å²) < 4.78 is 43.2. The maximum Gasteiger partial charge on any atom is 0.404 e. The number of carbonyl (C=O) groups excluding carboxylic acids is 1. The fraction of sp³-hybridized carbons (Fsp3) is 0.917. The van der Waals surface area contributed by atoms with Crippen molar-refractivity contribution in [2.75, 3.05) is 6.61 Å². The highest BCUT2D eigenvalue weighted by Crippen LogP contribution is 2.43. The molecule has 0 bridgehead atoms. The number of alkyl halides is 3. The highest BCUT2D eigenvalue weighted by Gasteiger charge is 2.57. The van der Waals surface area contributed by atoms with Crippen molar-refractivity contribution in [3.8, 4) is 0 Å². The number of ether oxygens (including phenoxy) is 1. The molecule has 0 amide bonds. The van der Waals surface area contributed by atoms with Gasteiger partial charge in [0.05, 0.1) is 6.61 Å². The number of esters is 1. The van der Waals surface area contributed by atoms with Crippen LogP contribution in [0.3, 0.4) is 0 Å². The highest BCUT2D eigenvalue weighted by molar-refractivity contribution is 5.77. The lowest BCUT2D eigenvalue weighted by atomic mass is 9.84. The summed E-state index contributed by atoms with van der Waals surface area (Å²) in [6, 6.07) is 0. The Morgan fingerprint density at radius 3 is 2.12 bits per heavy atom. The molecule has 1 unspecified atom stereocenters. The number of hydrogen-bond donors (Lipinski definition) is 0. The average Bonchev–Trinajstić information content (AvgIpc) is 2.22. The summed E-state index contributed by atoms with van der Waals surface area (Å²) in [6.45, 7) is 4.39. The van der Waals surface area contributed by atoms with Gasteiger partial charge in [-0.15, -0.1) is 0 Å². The Kier molecular flexibility index (Phi) is 6.57. The Hall–Kier alpha value is -0.740. The smallest absolute Gasteiger partial charge is 0.404 e. The summed E-state index contributed by atoms with van der Waals surface area (Å²) >= 11 is 0. The van der Waals surface area contributed by atoms with Crippen molar-refractivity contribution in [3.63, 3.8) is 0 Å². The minimum atomic E-state index is -4.55. The molecule has 0 heterocycles. The molecule has 0 N–H and O–H groups in total. The van der Waals surface area contributed by atoms with Crippen LogP contribution in [0.4, 0.5) is 13.2 Å². The van der Waals surface area contributed by atoms with Gasteiger partial charge in [0.1, 0.15) is 0 Å². The Morgan fingerprint density at radius 1 is 1.12 bits per heavy atom. The first-order valence-electron chi connectivity index (χ1n) is 6.03. The Balaban J connectivity index is 4.57. The van der Waals surface area contributed by atoms with E-state index < -0.39 is 17.6 Å². The van der Waals surface area contributed by atoms with Crippen LogP contribution >= 0.6 is 0 Å². The molecular formula is C12H21F3O2. The molecule has 0 radical (unpaired) electrons. The zero-order valence-corrected chi connectivity index (χ0v) is 10.7. The van der Waals surface area contributed by atoms with E-state index in [1.54, 1.807) is 0 Å². The van der Waals surface area contributed by atoms with E-state index in [4.69, 9.17) is 0 Å². The van der Waals surface area contributed by atoms with Gasteiger partial charge in [0.25, 0.3) is 0 Å². The lowest BCUT2D eigenvalue weighted by molar-refractivity contribution is -0.231. The summed E-state index contributed by atoms with van der Waals surface area (Å²) in [5, 5.41) is 0. The van der Waals surface area contributed by atoms with E-state index in [0.717, 1.165) is 19.8 Å². The Bertz CT molecular complexity index is 238. The van der Waals surface area contributed by atoms with E-state index in [2.05, 4.69) is 4.74 Å². The first kappa shape index (κ1) is 16.3. The van der Waals surface area contributed by atoms with Crippen LogP contribution in [0.1, 0.15) is 52.9 Å². The van der Waals surface area contributed by atoms with Gasteiger partial charge in [0.2, 0.25) is 0 Å². The normalized spacial score (nSPS) is 15.4. The van der Waals surface area contributed by atoms with Crippen molar-refractivity contribution < 1.29 is 22.7 Å². The molecule has 0 aromatic carbocycles. The quantitative estimate of drug-likeness (QED) is 0.505. The molecule has 5 heteroatoms. The lowest BCUT2D eigenvalue weighted by Gasteiger charge is -2.29. The molecule has 17 heavy (non-hydrogen) atoms. The molecule has 0 rings (SSSR count). The minimum Gasteiger partial charge on any atom is -0.465 e. The summed E-state index contributed by atoms with van der Waals surface area (Å²) in [5.41, 5.74) is -2.36. The second-order valence-corrected chi connectivity index (χ2v) is 4.36. The molecule has 102 valence electrons. The van der Waals surface area contributed by atoms with Crippen LogP contribution < -0.4 is 0 Å². The molecule has 0 aromatic rings. The van der Waals surface area contributed by atoms with Crippen molar-refractivity contribution in [2.24, 2.45) is 5.41 Å². The topological polar surface area (TPSA) is 26.3 Å². The maximum absolute atomic E-state index is 12.9. The molecule has 1 atom stereocenters. The maximum atomic E-state index is 12.9. The van der Waals surface area contributed by atoms with Crippen LogP contribution in [0.5, 0.6) is 0 Å². The van der Waals surface area contributed by atoms with E-state index >= 15 is 0 Å². The second-order valence-electron chi connectivity index (χ2n) is 4.36. The number of carbonyl (C=O) groups is 1. The molecule has 0 spiro atoms. The molecule has 0 fully saturated rings. The standard InChI is InChI=1S/C12H21F3O2/c1-4-6-7-8-9-11(3,12(13,14)15)10(16)17-5-2/h4-9H2,1-3H3. The van der Waals surface area contributed by atoms with Crippen LogP contribution in [0.2, 0.25) is 0 Å². The van der Waals surface area contributed by atoms with Crippen LogP contribution in [0.25, 0.3) is 0 Å². The molecule has 0 aromatic heterocycles. The molecule has 0 saturated carbocycles. The lowest BCUT2D eigenvalue weighted by Crippen LogP contribution is -2.43. The largest absolute Gasteiger partial charge is 0.465 e. The number of halogens is 3. The van der Waals surface area contributed by atoms with Crippen LogP contribution in [-0.2, 0) is 9.53 Å². The van der Waals surface area contributed by atoms with Crippen molar-refractivity contribution in [3.05, 3.63) is 0 Å². The van der Waals surface area contributed by atoms with E-state index in [1.807, 2.05) is 6.92 Å². The predicted octanol–water partition coefficient (Wildman–Crippen LogP) is 4.09. The van der Waals surface area contributed by atoms with Crippen LogP contribution in [-0.4, -0.2) is 18.8 Å². The molecular weight excluding hydrogens is 233 g/mol. The first-order valence-corrected chi connectivity index (χ1v) is 6.03. The van der Waals surface area contributed by atoms with Crippen molar-refractivity contribution >= 4 is 5.97 Å². The summed E-state index contributed by atoms with van der Waals surface area (Å²) in [5.74, 6) is -1.16. The van der Waals surface area contributed by atoms with Gasteiger partial charge in [-0.3, -0.25) is 4.79 Å². The zero-order chi connectivity index (χ0) is 13.5. The third-order valence-corrected chi connectivity index (χ3v) is 2.88. The summed E-state index contributed by atoms with van der Waals surface area (Å²) in [4.78, 5) is 11.4. The summed E-state index contributed by atoms with van der Waals surface area (Å²) in [6.07, 6.45) is -1.82. The summed E-state index contributed by atoms with van der Waals surface area (Å²) in [7, 11) is 0. The third kappa shape index (κ3) is 4.56. The number of hydrogen-bond acceptors (Lipinski definition) is 2. The van der Waals surface area contributed by atoms with Crippen LogP contribution in [0.15, 0.2) is 0 Å². The van der Waals surface area contributed by atoms with Gasteiger partial charge in [0, 0.05) is 0 Å². The van der Waals surface area contributed by atoms with Crippen molar-refractivity contribution in [1.29, 1.82) is 0 Å². The molecule has 0 aliphatic rings. The van der Waals surface area contributed by atoms with Gasteiger partial charge < -0.3 is 4.74 Å². The molecule has 0 saturated heterocycles. The SMILES string of the molecule is CCCCCCC(C)(C(=O)OCC)C(F)(F)F. The number of unbranched alkanes of at least 4 members (excludes halogenated alkanes) is 3. The van der Waals surface area contributed by atoms with Gasteiger partial charge >= 0.3 is 12.1 Å². The highest BCUT2D eigenvalue weighted by atomic mass is 19.4. The first-order chi connectivity index (χ1) is 7.79. The second kappa shape index (κ2) is 6.87.